The fourth-order valence-electron chi connectivity index (χ4n) is 1.25. The molecule has 1 aromatic rings. The molecule has 0 fully saturated rings. The maximum atomic E-state index is 13.4. The number of hydrogen-bond acceptors (Lipinski definition) is 3. The first-order chi connectivity index (χ1) is 7.11. The zero-order chi connectivity index (χ0) is 11.4. The lowest BCUT2D eigenvalue weighted by Gasteiger charge is -2.12. The van der Waals surface area contributed by atoms with Gasteiger partial charge in [0.1, 0.15) is 5.82 Å². The summed E-state index contributed by atoms with van der Waals surface area (Å²) in [5.74, 6) is -1.56. The molecule has 1 aromatic carbocycles. The number of aliphatic hydroxyl groups excluding tert-OH is 1. The molecular weight excluding hydrogens is 199 g/mol. The highest BCUT2D eigenvalue weighted by molar-refractivity contribution is 5.78. The van der Waals surface area contributed by atoms with Gasteiger partial charge in [-0.3, -0.25) is 0 Å². The largest absolute Gasteiger partial charge is 0.467 e. The van der Waals surface area contributed by atoms with Crippen LogP contribution in [0.1, 0.15) is 17.2 Å². The van der Waals surface area contributed by atoms with Crippen LogP contribution in [0.15, 0.2) is 24.8 Å². The van der Waals surface area contributed by atoms with Crippen LogP contribution in [0.5, 0.6) is 0 Å². The summed E-state index contributed by atoms with van der Waals surface area (Å²) in [7, 11) is 1.12. The summed E-state index contributed by atoms with van der Waals surface area (Å²) in [5, 5.41) is 9.52. The Labute approximate surface area is 86.8 Å². The Hall–Kier alpha value is -1.68. The molecule has 0 saturated carbocycles. The van der Waals surface area contributed by atoms with Crippen molar-refractivity contribution in [2.45, 2.75) is 6.10 Å². The van der Waals surface area contributed by atoms with E-state index in [1.54, 1.807) is 6.07 Å². The smallest absolute Gasteiger partial charge is 0.339 e. The van der Waals surface area contributed by atoms with Gasteiger partial charge in [-0.15, -0.1) is 0 Å². The molecule has 1 rings (SSSR count). The summed E-state index contributed by atoms with van der Waals surface area (Å²) in [6.07, 6.45) is -0.255. The van der Waals surface area contributed by atoms with Crippen molar-refractivity contribution in [1.29, 1.82) is 0 Å². The Bertz CT molecular complexity index is 387. The molecule has 0 saturated heterocycles. The molecule has 3 nitrogen and oxygen atoms in total. The fourth-order valence-corrected chi connectivity index (χ4v) is 1.25. The lowest BCUT2D eigenvalue weighted by molar-refractivity contribution is -0.150. The first-order valence-electron chi connectivity index (χ1n) is 4.28. The molecule has 0 bridgehead atoms. The van der Waals surface area contributed by atoms with Gasteiger partial charge in [0.05, 0.1) is 7.11 Å². The molecule has 0 spiro atoms. The van der Waals surface area contributed by atoms with Gasteiger partial charge in [-0.2, -0.15) is 0 Å². The van der Waals surface area contributed by atoms with Crippen molar-refractivity contribution in [3.63, 3.8) is 0 Å². The van der Waals surface area contributed by atoms with Gasteiger partial charge >= 0.3 is 5.97 Å². The van der Waals surface area contributed by atoms with E-state index in [1.807, 2.05) is 0 Å². The summed E-state index contributed by atoms with van der Waals surface area (Å²) < 4.78 is 17.7. The van der Waals surface area contributed by atoms with Gasteiger partial charge < -0.3 is 9.84 Å². The molecule has 0 aliphatic rings. The topological polar surface area (TPSA) is 46.5 Å². The summed E-state index contributed by atoms with van der Waals surface area (Å²) in [4.78, 5) is 11.1. The van der Waals surface area contributed by atoms with Crippen LogP contribution in [0.4, 0.5) is 4.39 Å². The molecule has 1 atom stereocenters. The number of benzene rings is 1. The Morgan fingerprint density at radius 3 is 2.87 bits per heavy atom. The second-order valence-electron chi connectivity index (χ2n) is 2.87. The number of esters is 1. The summed E-state index contributed by atoms with van der Waals surface area (Å²) in [6, 6.07) is 4.19. The van der Waals surface area contributed by atoms with Gasteiger partial charge in [0.15, 0.2) is 6.10 Å². The van der Waals surface area contributed by atoms with Crippen LogP contribution in [0.25, 0.3) is 6.08 Å². The van der Waals surface area contributed by atoms with E-state index in [1.165, 1.54) is 12.1 Å². The van der Waals surface area contributed by atoms with E-state index < -0.39 is 17.9 Å². The lowest BCUT2D eigenvalue weighted by atomic mass is 10.0. The number of ether oxygens (including phenoxy) is 1. The lowest BCUT2D eigenvalue weighted by Crippen LogP contribution is -2.16. The summed E-state index contributed by atoms with van der Waals surface area (Å²) >= 11 is 0. The molecule has 80 valence electrons. The number of hydrogen-bond donors (Lipinski definition) is 1. The van der Waals surface area contributed by atoms with Crippen LogP contribution in [0, 0.1) is 5.82 Å². The Morgan fingerprint density at radius 1 is 1.67 bits per heavy atom. The van der Waals surface area contributed by atoms with Crippen molar-refractivity contribution < 1.29 is 19.0 Å². The monoisotopic (exact) mass is 210 g/mol. The second kappa shape index (κ2) is 4.70. The van der Waals surface area contributed by atoms with Gasteiger partial charge in [-0.1, -0.05) is 24.8 Å². The van der Waals surface area contributed by atoms with Crippen molar-refractivity contribution in [2.24, 2.45) is 0 Å². The third-order valence-electron chi connectivity index (χ3n) is 2.00. The summed E-state index contributed by atoms with van der Waals surface area (Å²) in [5.41, 5.74) is 0.257. The average molecular weight is 210 g/mol. The van der Waals surface area contributed by atoms with Gasteiger partial charge in [-0.25, -0.2) is 9.18 Å². The van der Waals surface area contributed by atoms with E-state index >= 15 is 0 Å². The molecule has 0 heterocycles. The van der Waals surface area contributed by atoms with Crippen LogP contribution < -0.4 is 0 Å². The first-order valence-corrected chi connectivity index (χ1v) is 4.28. The average Bonchev–Trinajstić information content (AvgIpc) is 2.26. The predicted octanol–water partition coefficient (Wildman–Crippen LogP) is 1.68. The number of rotatable bonds is 3. The van der Waals surface area contributed by atoms with Crippen LogP contribution in [0.3, 0.4) is 0 Å². The number of carbonyl (C=O) groups is 1. The highest BCUT2D eigenvalue weighted by atomic mass is 19.1. The maximum absolute atomic E-state index is 13.4. The number of carbonyl (C=O) groups excluding carboxylic acids is 1. The Kier molecular flexibility index (Phi) is 3.57. The molecule has 0 amide bonds. The molecular formula is C11H11FO3. The van der Waals surface area contributed by atoms with Crippen molar-refractivity contribution >= 4 is 12.0 Å². The number of methoxy groups -OCH3 is 1. The Morgan fingerprint density at radius 2 is 2.33 bits per heavy atom. The third-order valence-corrected chi connectivity index (χ3v) is 2.00. The minimum absolute atomic E-state index is 0.112. The second-order valence-corrected chi connectivity index (χ2v) is 2.87. The van der Waals surface area contributed by atoms with E-state index in [0.29, 0.717) is 5.56 Å². The van der Waals surface area contributed by atoms with Crippen LogP contribution in [-0.2, 0) is 9.53 Å². The van der Waals surface area contributed by atoms with E-state index in [-0.39, 0.29) is 5.56 Å². The van der Waals surface area contributed by atoms with Crippen molar-refractivity contribution in [3.8, 4) is 0 Å². The standard InChI is InChI=1S/C11H11FO3/c1-3-7-5-4-6-8(12)9(7)10(13)11(14)15-2/h3-6,10,13H,1H2,2H3. The number of halogens is 1. The summed E-state index contributed by atoms with van der Waals surface area (Å²) in [6.45, 7) is 3.47. The molecule has 0 aromatic heterocycles. The SMILES string of the molecule is C=Cc1cccc(F)c1C(O)C(=O)OC. The van der Waals surface area contributed by atoms with Gasteiger partial charge in [-0.05, 0) is 11.6 Å². The third kappa shape index (κ3) is 2.22. The maximum Gasteiger partial charge on any atom is 0.339 e. The van der Waals surface area contributed by atoms with Crippen molar-refractivity contribution in [1.82, 2.24) is 0 Å². The predicted molar refractivity (Wildman–Crippen MR) is 53.5 cm³/mol. The number of aliphatic hydroxyl groups is 1. The van der Waals surface area contributed by atoms with E-state index in [9.17, 15) is 14.3 Å². The fraction of sp³-hybridized carbons (Fsp3) is 0.182. The highest BCUT2D eigenvalue weighted by Gasteiger charge is 2.23. The molecule has 1 N–H and O–H groups in total. The zero-order valence-corrected chi connectivity index (χ0v) is 8.24. The van der Waals surface area contributed by atoms with E-state index in [0.717, 1.165) is 13.2 Å². The van der Waals surface area contributed by atoms with Crippen LogP contribution >= 0.6 is 0 Å². The normalized spacial score (nSPS) is 11.9. The molecule has 0 radical (unpaired) electrons. The highest BCUT2D eigenvalue weighted by Crippen LogP contribution is 2.23. The van der Waals surface area contributed by atoms with Gasteiger partial charge in [0.2, 0.25) is 0 Å². The van der Waals surface area contributed by atoms with Crippen molar-refractivity contribution in [2.75, 3.05) is 7.11 Å². The van der Waals surface area contributed by atoms with Crippen molar-refractivity contribution in [3.05, 3.63) is 41.7 Å². The van der Waals surface area contributed by atoms with Gasteiger partial charge in [0.25, 0.3) is 0 Å². The molecule has 4 heteroatoms. The van der Waals surface area contributed by atoms with Gasteiger partial charge in [0, 0.05) is 5.56 Å². The van der Waals surface area contributed by atoms with E-state index in [2.05, 4.69) is 11.3 Å². The minimum Gasteiger partial charge on any atom is -0.467 e. The molecule has 0 aliphatic heterocycles. The quantitative estimate of drug-likeness (QED) is 0.772. The zero-order valence-electron chi connectivity index (χ0n) is 8.24. The van der Waals surface area contributed by atoms with E-state index in [4.69, 9.17) is 0 Å². The Balaban J connectivity index is 3.22. The first kappa shape index (κ1) is 11.4. The van der Waals surface area contributed by atoms with Crippen LogP contribution in [-0.4, -0.2) is 18.2 Å². The molecule has 15 heavy (non-hydrogen) atoms. The molecule has 0 aliphatic carbocycles. The molecule has 1 unspecified atom stereocenters. The van der Waals surface area contributed by atoms with Crippen LogP contribution in [0.2, 0.25) is 0 Å². The minimum atomic E-state index is -1.62.